The highest BCUT2D eigenvalue weighted by Crippen LogP contribution is 2.45. The number of amides is 3. The first kappa shape index (κ1) is 21.0. The van der Waals surface area contributed by atoms with Crippen LogP contribution in [0, 0.1) is 6.92 Å². The van der Waals surface area contributed by atoms with Gasteiger partial charge in [0.05, 0.1) is 24.5 Å². The maximum Gasteiger partial charge on any atom is 0.250 e. The van der Waals surface area contributed by atoms with Crippen molar-refractivity contribution in [3.8, 4) is 0 Å². The molecule has 1 aromatic heterocycles. The lowest BCUT2D eigenvalue weighted by atomic mass is 9.89. The minimum Gasteiger partial charge on any atom is -0.322 e. The summed E-state index contributed by atoms with van der Waals surface area (Å²) in [6, 6.07) is 12.8. The zero-order valence-corrected chi connectivity index (χ0v) is 17.9. The predicted molar refractivity (Wildman–Crippen MR) is 119 cm³/mol. The lowest BCUT2D eigenvalue weighted by Crippen LogP contribution is -2.62. The SMILES string of the molecule is Cc1cccc(NC(=O)CN(C)CC(=O)N2c3ccccc3NC(=O)C23CCCC3)n1. The smallest absolute Gasteiger partial charge is 0.250 e. The molecular formula is C23H27N5O3. The van der Waals surface area contributed by atoms with Crippen LogP contribution in [0.4, 0.5) is 17.2 Å². The Morgan fingerprint density at radius 3 is 2.61 bits per heavy atom. The van der Waals surface area contributed by atoms with Crippen LogP contribution < -0.4 is 15.5 Å². The van der Waals surface area contributed by atoms with Gasteiger partial charge in [-0.05, 0) is 51.1 Å². The van der Waals surface area contributed by atoms with Gasteiger partial charge in [0.1, 0.15) is 11.4 Å². The van der Waals surface area contributed by atoms with Crippen molar-refractivity contribution in [1.82, 2.24) is 9.88 Å². The second kappa shape index (κ2) is 8.47. The molecule has 0 atom stereocenters. The number of fused-ring (bicyclic) bond motifs is 1. The molecule has 8 heteroatoms. The Bertz CT molecular complexity index is 1020. The first-order valence-corrected chi connectivity index (χ1v) is 10.5. The summed E-state index contributed by atoms with van der Waals surface area (Å²) in [7, 11) is 1.72. The van der Waals surface area contributed by atoms with Crippen LogP contribution in [0.1, 0.15) is 31.4 Å². The van der Waals surface area contributed by atoms with Gasteiger partial charge in [-0.15, -0.1) is 0 Å². The molecule has 2 heterocycles. The maximum absolute atomic E-state index is 13.4. The molecule has 0 radical (unpaired) electrons. The molecule has 8 nitrogen and oxygen atoms in total. The zero-order valence-electron chi connectivity index (χ0n) is 17.9. The fourth-order valence-electron chi connectivity index (χ4n) is 4.53. The molecular weight excluding hydrogens is 394 g/mol. The quantitative estimate of drug-likeness (QED) is 0.774. The number of pyridine rings is 1. The summed E-state index contributed by atoms with van der Waals surface area (Å²) in [6.45, 7) is 1.92. The van der Waals surface area contributed by atoms with Crippen LogP contribution >= 0.6 is 0 Å². The molecule has 2 aromatic rings. The molecule has 0 bridgehead atoms. The summed E-state index contributed by atoms with van der Waals surface area (Å²) < 4.78 is 0. The van der Waals surface area contributed by atoms with Crippen molar-refractivity contribution in [1.29, 1.82) is 0 Å². The number of nitrogens with one attached hydrogen (secondary N) is 2. The second-order valence-corrected chi connectivity index (χ2v) is 8.32. The van der Waals surface area contributed by atoms with Crippen molar-refractivity contribution in [2.45, 2.75) is 38.1 Å². The molecule has 0 saturated heterocycles. The molecule has 31 heavy (non-hydrogen) atoms. The van der Waals surface area contributed by atoms with Gasteiger partial charge in [0.25, 0.3) is 5.91 Å². The first-order chi connectivity index (χ1) is 14.9. The average Bonchev–Trinajstić information content (AvgIpc) is 3.19. The van der Waals surface area contributed by atoms with Gasteiger partial charge in [-0.25, -0.2) is 4.98 Å². The third-order valence-corrected chi connectivity index (χ3v) is 5.90. The van der Waals surface area contributed by atoms with E-state index in [0.717, 1.165) is 24.2 Å². The van der Waals surface area contributed by atoms with Gasteiger partial charge in [-0.3, -0.25) is 24.2 Å². The summed E-state index contributed by atoms with van der Waals surface area (Å²) in [6.07, 6.45) is 3.09. The van der Waals surface area contributed by atoms with Crippen LogP contribution in [0.5, 0.6) is 0 Å². The van der Waals surface area contributed by atoms with Gasteiger partial charge in [-0.2, -0.15) is 0 Å². The number of hydrogen-bond acceptors (Lipinski definition) is 5. The second-order valence-electron chi connectivity index (χ2n) is 8.32. The summed E-state index contributed by atoms with van der Waals surface area (Å²) in [4.78, 5) is 46.4. The number of nitrogens with zero attached hydrogens (tertiary/aromatic N) is 3. The summed E-state index contributed by atoms with van der Waals surface area (Å²) in [5.41, 5.74) is 1.32. The number of anilines is 3. The first-order valence-electron chi connectivity index (χ1n) is 10.5. The molecule has 2 N–H and O–H groups in total. The van der Waals surface area contributed by atoms with E-state index in [1.54, 1.807) is 29.0 Å². The van der Waals surface area contributed by atoms with Crippen molar-refractivity contribution < 1.29 is 14.4 Å². The molecule has 1 saturated carbocycles. The van der Waals surface area contributed by atoms with Gasteiger partial charge in [-0.1, -0.05) is 31.0 Å². The number of para-hydroxylation sites is 2. The van der Waals surface area contributed by atoms with E-state index in [4.69, 9.17) is 0 Å². The van der Waals surface area contributed by atoms with E-state index in [-0.39, 0.29) is 30.8 Å². The number of benzene rings is 1. The normalized spacial score (nSPS) is 16.9. The molecule has 0 unspecified atom stereocenters. The van der Waals surface area contributed by atoms with Crippen molar-refractivity contribution in [2.75, 3.05) is 35.7 Å². The lowest BCUT2D eigenvalue weighted by molar-refractivity contribution is -0.128. The molecule has 1 aliphatic carbocycles. The van der Waals surface area contributed by atoms with Crippen molar-refractivity contribution >= 4 is 34.9 Å². The Balaban J connectivity index is 1.48. The molecule has 1 spiro atoms. The number of aromatic nitrogens is 1. The van der Waals surface area contributed by atoms with E-state index in [1.165, 1.54) is 0 Å². The largest absolute Gasteiger partial charge is 0.322 e. The van der Waals surface area contributed by atoms with Crippen LogP contribution in [0.2, 0.25) is 0 Å². The van der Waals surface area contributed by atoms with Crippen LogP contribution in [0.15, 0.2) is 42.5 Å². The van der Waals surface area contributed by atoms with Crippen molar-refractivity contribution in [3.63, 3.8) is 0 Å². The van der Waals surface area contributed by atoms with Crippen LogP contribution in [-0.4, -0.2) is 53.3 Å². The number of carbonyl (C=O) groups is 3. The van der Waals surface area contributed by atoms with E-state index in [1.807, 2.05) is 37.3 Å². The van der Waals surface area contributed by atoms with Gasteiger partial charge in [0.15, 0.2) is 0 Å². The third-order valence-electron chi connectivity index (χ3n) is 5.90. The maximum atomic E-state index is 13.4. The average molecular weight is 422 g/mol. The van der Waals surface area contributed by atoms with Gasteiger partial charge < -0.3 is 10.6 Å². The molecule has 4 rings (SSSR count). The Hall–Kier alpha value is -3.26. The van der Waals surface area contributed by atoms with Crippen LogP contribution in [0.25, 0.3) is 0 Å². The standard InChI is InChI=1S/C23H27N5O3/c1-16-8-7-11-19(24-16)26-20(29)14-27(2)15-21(30)28-18-10-4-3-9-17(18)25-22(31)23(28)12-5-6-13-23/h3-4,7-11H,5-6,12-15H2,1-2H3,(H,25,31)(H,24,26,29). The van der Waals surface area contributed by atoms with Crippen LogP contribution in [0.3, 0.4) is 0 Å². The fourth-order valence-corrected chi connectivity index (χ4v) is 4.53. The Morgan fingerprint density at radius 2 is 1.87 bits per heavy atom. The van der Waals surface area contributed by atoms with E-state index in [2.05, 4.69) is 15.6 Å². The van der Waals surface area contributed by atoms with E-state index in [0.29, 0.717) is 24.3 Å². The highest BCUT2D eigenvalue weighted by Gasteiger charge is 2.52. The third kappa shape index (κ3) is 4.16. The molecule has 1 fully saturated rings. The van der Waals surface area contributed by atoms with E-state index < -0.39 is 5.54 Å². The molecule has 3 amide bonds. The van der Waals surface area contributed by atoms with Crippen LogP contribution in [-0.2, 0) is 14.4 Å². The summed E-state index contributed by atoms with van der Waals surface area (Å²) in [5.74, 6) is -0.0758. The van der Waals surface area contributed by atoms with Gasteiger partial charge in [0, 0.05) is 5.69 Å². The molecule has 1 aliphatic heterocycles. The molecule has 2 aliphatic rings. The van der Waals surface area contributed by atoms with Gasteiger partial charge in [0.2, 0.25) is 11.8 Å². The van der Waals surface area contributed by atoms with Crippen molar-refractivity contribution in [3.05, 3.63) is 48.2 Å². The zero-order chi connectivity index (χ0) is 22.0. The highest BCUT2D eigenvalue weighted by molar-refractivity contribution is 6.15. The number of likely N-dealkylation sites (N-methyl/N-ethyl adjacent to an activating group) is 1. The topological polar surface area (TPSA) is 94.6 Å². The molecule has 162 valence electrons. The Kier molecular flexibility index (Phi) is 5.73. The Morgan fingerprint density at radius 1 is 1.13 bits per heavy atom. The number of rotatable bonds is 5. The summed E-state index contributed by atoms with van der Waals surface area (Å²) >= 11 is 0. The number of hydrogen-bond donors (Lipinski definition) is 2. The van der Waals surface area contributed by atoms with E-state index >= 15 is 0 Å². The minimum atomic E-state index is -0.847. The predicted octanol–water partition coefficient (Wildman–Crippen LogP) is 2.56. The number of carbonyl (C=O) groups excluding carboxylic acids is 3. The summed E-state index contributed by atoms with van der Waals surface area (Å²) in [5, 5.41) is 5.73. The minimum absolute atomic E-state index is 0.0258. The van der Waals surface area contributed by atoms with E-state index in [9.17, 15) is 14.4 Å². The van der Waals surface area contributed by atoms with Crippen molar-refractivity contribution in [2.24, 2.45) is 0 Å². The monoisotopic (exact) mass is 421 g/mol. The Labute approximate surface area is 181 Å². The highest BCUT2D eigenvalue weighted by atomic mass is 16.2. The fraction of sp³-hybridized carbons (Fsp3) is 0.391. The number of aryl methyl sites for hydroxylation is 1. The van der Waals surface area contributed by atoms with Gasteiger partial charge >= 0.3 is 0 Å². The lowest BCUT2D eigenvalue weighted by Gasteiger charge is -2.44. The molecule has 1 aromatic carbocycles.